The lowest BCUT2D eigenvalue weighted by Crippen LogP contribution is -2.36. The number of carbonyl (C=O) groups is 2. The van der Waals surface area contributed by atoms with E-state index in [4.69, 9.17) is 11.6 Å². The summed E-state index contributed by atoms with van der Waals surface area (Å²) >= 11 is 5.79. The van der Waals surface area contributed by atoms with Gasteiger partial charge in [0.05, 0.1) is 10.6 Å². The lowest BCUT2D eigenvalue weighted by Gasteiger charge is -2.10. The molecular formula is C16H11ClF4N2O2. The zero-order chi connectivity index (χ0) is 18.6. The maximum Gasteiger partial charge on any atom is 0.471 e. The van der Waals surface area contributed by atoms with E-state index in [9.17, 15) is 27.2 Å². The molecule has 2 aromatic carbocycles. The molecule has 0 saturated carbocycles. The lowest BCUT2D eigenvalue weighted by atomic mass is 10.1. The van der Waals surface area contributed by atoms with E-state index in [1.807, 2.05) is 0 Å². The van der Waals surface area contributed by atoms with E-state index >= 15 is 0 Å². The third-order valence-corrected chi connectivity index (χ3v) is 3.43. The Labute approximate surface area is 144 Å². The van der Waals surface area contributed by atoms with E-state index in [1.165, 1.54) is 36.4 Å². The molecule has 0 bridgehead atoms. The summed E-state index contributed by atoms with van der Waals surface area (Å²) in [5, 5.41) is 4.10. The summed E-state index contributed by atoms with van der Waals surface area (Å²) in [6.07, 6.45) is -4.95. The zero-order valence-corrected chi connectivity index (χ0v) is 13.2. The van der Waals surface area contributed by atoms with Gasteiger partial charge in [-0.05, 0) is 29.8 Å². The second kappa shape index (κ2) is 7.52. The minimum absolute atomic E-state index is 0.0519. The molecule has 2 amide bonds. The summed E-state index contributed by atoms with van der Waals surface area (Å²) in [5.41, 5.74) is 0.362. The molecule has 0 aliphatic carbocycles. The van der Waals surface area contributed by atoms with Crippen molar-refractivity contribution in [2.24, 2.45) is 0 Å². The van der Waals surface area contributed by atoms with Gasteiger partial charge in [-0.25, -0.2) is 4.39 Å². The van der Waals surface area contributed by atoms with E-state index < -0.39 is 23.8 Å². The highest BCUT2D eigenvalue weighted by Crippen LogP contribution is 2.21. The molecule has 0 atom stereocenters. The van der Waals surface area contributed by atoms with Crippen LogP contribution in [0.4, 0.5) is 23.2 Å². The SMILES string of the molecule is O=C(Nc1ccc(CNC(=O)C(F)(F)F)cc1)c1c(F)cccc1Cl. The van der Waals surface area contributed by atoms with Crippen molar-refractivity contribution in [1.82, 2.24) is 5.32 Å². The first-order valence-corrected chi connectivity index (χ1v) is 7.25. The number of hydrogen-bond donors (Lipinski definition) is 2. The van der Waals surface area contributed by atoms with Crippen molar-refractivity contribution in [3.63, 3.8) is 0 Å². The highest BCUT2D eigenvalue weighted by molar-refractivity contribution is 6.34. The van der Waals surface area contributed by atoms with Crippen LogP contribution in [0.15, 0.2) is 42.5 Å². The van der Waals surface area contributed by atoms with Crippen LogP contribution in [-0.2, 0) is 11.3 Å². The number of amides is 2. The number of benzene rings is 2. The summed E-state index contributed by atoms with van der Waals surface area (Å²) in [7, 11) is 0. The van der Waals surface area contributed by atoms with Gasteiger partial charge in [0.25, 0.3) is 5.91 Å². The number of carbonyl (C=O) groups excluding carboxylic acids is 2. The van der Waals surface area contributed by atoms with Gasteiger partial charge >= 0.3 is 12.1 Å². The molecular weight excluding hydrogens is 364 g/mol. The van der Waals surface area contributed by atoms with Gasteiger partial charge in [-0.3, -0.25) is 9.59 Å². The summed E-state index contributed by atoms with van der Waals surface area (Å²) < 4.78 is 49.9. The van der Waals surface area contributed by atoms with Gasteiger partial charge in [-0.2, -0.15) is 13.2 Å². The smallest absolute Gasteiger partial charge is 0.344 e. The molecule has 2 aromatic rings. The molecule has 0 radical (unpaired) electrons. The van der Waals surface area contributed by atoms with E-state index in [0.29, 0.717) is 5.56 Å². The predicted octanol–water partition coefficient (Wildman–Crippen LogP) is 3.91. The molecule has 132 valence electrons. The van der Waals surface area contributed by atoms with Crippen molar-refractivity contribution in [2.75, 3.05) is 5.32 Å². The van der Waals surface area contributed by atoms with Crippen LogP contribution in [0.2, 0.25) is 5.02 Å². The Bertz CT molecular complexity index is 771. The van der Waals surface area contributed by atoms with Gasteiger partial charge in [-0.1, -0.05) is 29.8 Å². The summed E-state index contributed by atoms with van der Waals surface area (Å²) in [6, 6.07) is 9.45. The van der Waals surface area contributed by atoms with Crippen molar-refractivity contribution in [2.45, 2.75) is 12.7 Å². The number of alkyl halides is 3. The molecule has 0 aliphatic heterocycles. The van der Waals surface area contributed by atoms with Crippen molar-refractivity contribution in [1.29, 1.82) is 0 Å². The van der Waals surface area contributed by atoms with E-state index in [0.717, 1.165) is 6.07 Å². The standard InChI is InChI=1S/C16H11ClF4N2O2/c17-11-2-1-3-12(18)13(11)14(24)23-10-6-4-9(5-7-10)8-22-15(25)16(19,20)21/h1-7H,8H2,(H,22,25)(H,23,24). The van der Waals surface area contributed by atoms with Crippen LogP contribution in [0.25, 0.3) is 0 Å². The second-order valence-electron chi connectivity index (χ2n) is 4.93. The number of hydrogen-bond acceptors (Lipinski definition) is 2. The molecule has 0 unspecified atom stereocenters. The molecule has 2 N–H and O–H groups in total. The Kier molecular flexibility index (Phi) is 5.63. The Hall–Kier alpha value is -2.61. The molecule has 0 fully saturated rings. The van der Waals surface area contributed by atoms with Crippen molar-refractivity contribution in [3.05, 3.63) is 64.4 Å². The number of anilines is 1. The number of nitrogens with one attached hydrogen (secondary N) is 2. The van der Waals surface area contributed by atoms with E-state index in [1.54, 1.807) is 5.32 Å². The number of halogens is 5. The van der Waals surface area contributed by atoms with Gasteiger partial charge in [0.1, 0.15) is 5.82 Å². The van der Waals surface area contributed by atoms with Gasteiger partial charge in [0.15, 0.2) is 0 Å². The maximum atomic E-state index is 13.7. The molecule has 0 heterocycles. The van der Waals surface area contributed by atoms with Gasteiger partial charge in [-0.15, -0.1) is 0 Å². The highest BCUT2D eigenvalue weighted by atomic mass is 35.5. The molecule has 0 saturated heterocycles. The first-order chi connectivity index (χ1) is 11.7. The Balaban J connectivity index is 2.01. The molecule has 4 nitrogen and oxygen atoms in total. The molecule has 0 aromatic heterocycles. The Morgan fingerprint density at radius 2 is 1.68 bits per heavy atom. The Morgan fingerprint density at radius 3 is 2.24 bits per heavy atom. The second-order valence-corrected chi connectivity index (χ2v) is 5.34. The fourth-order valence-corrected chi connectivity index (χ4v) is 2.15. The molecule has 0 spiro atoms. The van der Waals surface area contributed by atoms with Gasteiger partial charge in [0, 0.05) is 12.2 Å². The average molecular weight is 375 g/mol. The monoisotopic (exact) mass is 374 g/mol. The molecule has 25 heavy (non-hydrogen) atoms. The Morgan fingerprint density at radius 1 is 1.04 bits per heavy atom. The first-order valence-electron chi connectivity index (χ1n) is 6.88. The van der Waals surface area contributed by atoms with Crippen molar-refractivity contribution < 1.29 is 27.2 Å². The third-order valence-electron chi connectivity index (χ3n) is 3.11. The largest absolute Gasteiger partial charge is 0.471 e. The fraction of sp³-hybridized carbons (Fsp3) is 0.125. The van der Waals surface area contributed by atoms with Crippen LogP contribution in [0.5, 0.6) is 0 Å². The average Bonchev–Trinajstić information content (AvgIpc) is 2.52. The third kappa shape index (κ3) is 4.93. The van der Waals surface area contributed by atoms with Crippen LogP contribution >= 0.6 is 11.6 Å². The summed E-state index contributed by atoms with van der Waals surface area (Å²) in [6.45, 7) is -0.328. The van der Waals surface area contributed by atoms with E-state index in [2.05, 4.69) is 5.32 Å². The topological polar surface area (TPSA) is 58.2 Å². The molecule has 9 heteroatoms. The van der Waals surface area contributed by atoms with Gasteiger partial charge in [0.2, 0.25) is 0 Å². The first kappa shape index (κ1) is 18.7. The van der Waals surface area contributed by atoms with Crippen molar-refractivity contribution in [3.8, 4) is 0 Å². The minimum Gasteiger partial charge on any atom is -0.344 e. The summed E-state index contributed by atoms with van der Waals surface area (Å²) in [4.78, 5) is 22.8. The van der Waals surface area contributed by atoms with Crippen LogP contribution < -0.4 is 10.6 Å². The van der Waals surface area contributed by atoms with Crippen LogP contribution in [0.3, 0.4) is 0 Å². The van der Waals surface area contributed by atoms with Crippen LogP contribution in [0.1, 0.15) is 15.9 Å². The van der Waals surface area contributed by atoms with Gasteiger partial charge < -0.3 is 10.6 Å². The normalized spacial score (nSPS) is 11.1. The van der Waals surface area contributed by atoms with E-state index in [-0.39, 0.29) is 22.8 Å². The number of rotatable bonds is 4. The lowest BCUT2D eigenvalue weighted by molar-refractivity contribution is -0.173. The molecule has 0 aliphatic rings. The zero-order valence-electron chi connectivity index (χ0n) is 12.5. The maximum absolute atomic E-state index is 13.7. The van der Waals surface area contributed by atoms with Crippen LogP contribution in [-0.4, -0.2) is 18.0 Å². The highest BCUT2D eigenvalue weighted by Gasteiger charge is 2.38. The predicted molar refractivity (Wildman–Crippen MR) is 83.7 cm³/mol. The van der Waals surface area contributed by atoms with Crippen LogP contribution in [0, 0.1) is 5.82 Å². The quantitative estimate of drug-likeness (QED) is 0.797. The minimum atomic E-state index is -4.95. The fourth-order valence-electron chi connectivity index (χ4n) is 1.90. The molecule has 2 rings (SSSR count). The summed E-state index contributed by atoms with van der Waals surface area (Å²) in [5.74, 6) is -3.59. The van der Waals surface area contributed by atoms with Crippen molar-refractivity contribution >= 4 is 29.1 Å².